The lowest BCUT2D eigenvalue weighted by molar-refractivity contribution is 0.330. The van der Waals surface area contributed by atoms with Crippen LogP contribution in [0.2, 0.25) is 0 Å². The fourth-order valence-electron chi connectivity index (χ4n) is 1.83. The van der Waals surface area contributed by atoms with E-state index in [0.717, 1.165) is 0 Å². The van der Waals surface area contributed by atoms with Crippen molar-refractivity contribution in [3.05, 3.63) is 42.5 Å². The lowest BCUT2D eigenvalue weighted by Gasteiger charge is -2.25. The van der Waals surface area contributed by atoms with Crippen LogP contribution in [0.15, 0.2) is 42.5 Å². The van der Waals surface area contributed by atoms with Crippen LogP contribution >= 0.6 is 12.2 Å². The Labute approximate surface area is 127 Å². The fourth-order valence-corrected chi connectivity index (χ4v) is 2.16. The second kappa shape index (κ2) is 6.32. The van der Waals surface area contributed by atoms with Crippen molar-refractivity contribution < 1.29 is 20.1 Å². The van der Waals surface area contributed by atoms with E-state index in [1.54, 1.807) is 19.1 Å². The maximum absolute atomic E-state index is 10.0. The number of aromatic hydroxyl groups is 3. The van der Waals surface area contributed by atoms with Crippen LogP contribution in [0.25, 0.3) is 0 Å². The maximum Gasteiger partial charge on any atom is 0.268 e. The molecule has 0 radical (unpaired) electrons. The van der Waals surface area contributed by atoms with Gasteiger partial charge >= 0.3 is 0 Å². The number of phenolic OH excluding ortho intramolecular Hbond substituents is 3. The molecule has 5 nitrogen and oxygen atoms in total. The molecule has 0 saturated heterocycles. The molecule has 21 heavy (non-hydrogen) atoms. The molecule has 2 aromatic rings. The molecule has 0 aliphatic rings. The van der Waals surface area contributed by atoms with Gasteiger partial charge in [-0.15, -0.1) is 0 Å². The van der Waals surface area contributed by atoms with E-state index in [9.17, 15) is 15.3 Å². The minimum absolute atomic E-state index is 0.0516. The third kappa shape index (κ3) is 3.35. The van der Waals surface area contributed by atoms with E-state index in [-0.39, 0.29) is 22.4 Å². The molecule has 0 bridgehead atoms. The second-order valence-corrected chi connectivity index (χ2v) is 4.57. The molecule has 0 fully saturated rings. The lowest BCUT2D eigenvalue weighted by Crippen LogP contribution is -2.26. The molecule has 2 rings (SSSR count). The van der Waals surface area contributed by atoms with Crippen molar-refractivity contribution in [1.29, 1.82) is 0 Å². The minimum atomic E-state index is -0.134. The van der Waals surface area contributed by atoms with Gasteiger partial charge in [-0.05, 0) is 55.5 Å². The van der Waals surface area contributed by atoms with Gasteiger partial charge in [0.25, 0.3) is 5.17 Å². The topological polar surface area (TPSA) is 73.2 Å². The van der Waals surface area contributed by atoms with E-state index in [0.29, 0.717) is 18.0 Å². The average Bonchev–Trinajstić information content (AvgIpc) is 2.44. The van der Waals surface area contributed by atoms with Gasteiger partial charge in [-0.1, -0.05) is 0 Å². The first-order valence-corrected chi connectivity index (χ1v) is 6.71. The van der Waals surface area contributed by atoms with Gasteiger partial charge in [0.1, 0.15) is 17.2 Å². The number of phenols is 3. The van der Waals surface area contributed by atoms with E-state index in [2.05, 4.69) is 0 Å². The molecule has 0 heterocycles. The Balaban J connectivity index is 2.50. The molecule has 110 valence electrons. The third-order valence-electron chi connectivity index (χ3n) is 2.76. The SMILES string of the molecule is CCOC(=S)N(c1ccc(O)cc1)c1ccc(O)cc1O. The molecule has 0 spiro atoms. The summed E-state index contributed by atoms with van der Waals surface area (Å²) in [6, 6.07) is 10.5. The van der Waals surface area contributed by atoms with Gasteiger partial charge in [-0.25, -0.2) is 0 Å². The molecule has 0 aromatic heterocycles. The number of ether oxygens (including phenoxy) is 1. The van der Waals surface area contributed by atoms with Crippen LogP contribution in [0.3, 0.4) is 0 Å². The Morgan fingerprint density at radius 3 is 2.24 bits per heavy atom. The van der Waals surface area contributed by atoms with Gasteiger partial charge in [0.2, 0.25) is 0 Å². The molecule has 0 aliphatic carbocycles. The zero-order valence-electron chi connectivity index (χ0n) is 11.4. The summed E-state index contributed by atoms with van der Waals surface area (Å²) in [5, 5.41) is 29.0. The van der Waals surface area contributed by atoms with Crippen LogP contribution in [0.1, 0.15) is 6.92 Å². The molecule has 3 N–H and O–H groups in total. The molecule has 6 heteroatoms. The van der Waals surface area contributed by atoms with Crippen LogP contribution in [0.4, 0.5) is 11.4 Å². The Bertz CT molecular complexity index is 643. The van der Waals surface area contributed by atoms with Gasteiger partial charge in [0.15, 0.2) is 0 Å². The monoisotopic (exact) mass is 305 g/mol. The van der Waals surface area contributed by atoms with Crippen molar-refractivity contribution >= 4 is 28.8 Å². The largest absolute Gasteiger partial charge is 0.508 e. The fraction of sp³-hybridized carbons (Fsp3) is 0.133. The molecule has 0 unspecified atom stereocenters. The highest BCUT2D eigenvalue weighted by atomic mass is 32.1. The highest BCUT2D eigenvalue weighted by molar-refractivity contribution is 7.80. The summed E-state index contributed by atoms with van der Waals surface area (Å²) in [5.74, 6) is -0.0645. The number of rotatable bonds is 3. The van der Waals surface area contributed by atoms with Gasteiger partial charge in [0.05, 0.1) is 18.0 Å². The zero-order valence-corrected chi connectivity index (χ0v) is 12.2. The van der Waals surface area contributed by atoms with Crippen molar-refractivity contribution in [3.8, 4) is 17.2 Å². The molecule has 0 atom stereocenters. The number of hydrogen-bond acceptors (Lipinski definition) is 5. The van der Waals surface area contributed by atoms with E-state index in [1.165, 1.54) is 35.2 Å². The number of nitrogens with zero attached hydrogens (tertiary/aromatic N) is 1. The number of anilines is 2. The number of benzene rings is 2. The van der Waals surface area contributed by atoms with Crippen molar-refractivity contribution in [2.24, 2.45) is 0 Å². The first-order valence-electron chi connectivity index (χ1n) is 6.31. The van der Waals surface area contributed by atoms with Crippen LogP contribution in [-0.2, 0) is 4.74 Å². The van der Waals surface area contributed by atoms with E-state index < -0.39 is 0 Å². The third-order valence-corrected chi connectivity index (χ3v) is 3.06. The summed E-state index contributed by atoms with van der Waals surface area (Å²) in [4.78, 5) is 1.52. The lowest BCUT2D eigenvalue weighted by atomic mass is 10.2. The number of thiocarbonyl (C=S) groups is 1. The Morgan fingerprint density at radius 1 is 1.05 bits per heavy atom. The van der Waals surface area contributed by atoms with Gasteiger partial charge in [-0.3, -0.25) is 4.90 Å². The van der Waals surface area contributed by atoms with E-state index >= 15 is 0 Å². The van der Waals surface area contributed by atoms with Crippen LogP contribution < -0.4 is 4.90 Å². The Kier molecular flexibility index (Phi) is 4.49. The van der Waals surface area contributed by atoms with Gasteiger partial charge in [-0.2, -0.15) is 0 Å². The minimum Gasteiger partial charge on any atom is -0.508 e. The van der Waals surface area contributed by atoms with E-state index in [4.69, 9.17) is 17.0 Å². The maximum atomic E-state index is 10.0. The molecule has 2 aromatic carbocycles. The Hall–Kier alpha value is -2.47. The molecular weight excluding hydrogens is 290 g/mol. The summed E-state index contributed by atoms with van der Waals surface area (Å²) in [6.07, 6.45) is 0. The van der Waals surface area contributed by atoms with Crippen LogP contribution in [0, 0.1) is 0 Å². The second-order valence-electron chi connectivity index (χ2n) is 4.22. The van der Waals surface area contributed by atoms with Gasteiger partial charge < -0.3 is 20.1 Å². The quantitative estimate of drug-likeness (QED) is 0.756. The standard InChI is InChI=1S/C15H15NO4S/c1-2-20-15(21)16(10-3-5-11(17)6-4-10)13-8-7-12(18)9-14(13)19/h3-9,17-19H,2H2,1H3. The first-order chi connectivity index (χ1) is 10.0. The predicted octanol–water partition coefficient (Wildman–Crippen LogP) is 3.26. The summed E-state index contributed by atoms with van der Waals surface area (Å²) in [6.45, 7) is 2.18. The highest BCUT2D eigenvalue weighted by Gasteiger charge is 2.19. The summed E-state index contributed by atoms with van der Waals surface area (Å²) in [5.41, 5.74) is 0.990. The molecular formula is C15H15NO4S. The van der Waals surface area contributed by atoms with Crippen LogP contribution in [0.5, 0.6) is 17.2 Å². The predicted molar refractivity (Wildman–Crippen MR) is 84.2 cm³/mol. The summed E-state index contributed by atoms with van der Waals surface area (Å²) < 4.78 is 5.35. The van der Waals surface area contributed by atoms with Crippen LogP contribution in [-0.4, -0.2) is 27.1 Å². The number of hydrogen-bond donors (Lipinski definition) is 3. The molecule has 0 aliphatic heterocycles. The molecule has 0 amide bonds. The van der Waals surface area contributed by atoms with Crippen molar-refractivity contribution in [3.63, 3.8) is 0 Å². The first kappa shape index (κ1) is 14.9. The highest BCUT2D eigenvalue weighted by Crippen LogP contribution is 2.36. The Morgan fingerprint density at radius 2 is 1.67 bits per heavy atom. The summed E-state index contributed by atoms with van der Waals surface area (Å²) >= 11 is 5.23. The molecule has 0 saturated carbocycles. The van der Waals surface area contributed by atoms with E-state index in [1.807, 2.05) is 0 Å². The zero-order chi connectivity index (χ0) is 15.4. The smallest absolute Gasteiger partial charge is 0.268 e. The van der Waals surface area contributed by atoms with Gasteiger partial charge in [0, 0.05) is 6.07 Å². The van der Waals surface area contributed by atoms with Crippen molar-refractivity contribution in [1.82, 2.24) is 0 Å². The normalized spacial score (nSPS) is 10.1. The van der Waals surface area contributed by atoms with Crippen molar-refractivity contribution in [2.75, 3.05) is 11.5 Å². The summed E-state index contributed by atoms with van der Waals surface area (Å²) in [7, 11) is 0. The average molecular weight is 305 g/mol. The van der Waals surface area contributed by atoms with Crippen molar-refractivity contribution in [2.45, 2.75) is 6.92 Å².